The van der Waals surface area contributed by atoms with Crippen LogP contribution in [0.1, 0.15) is 17.2 Å². The van der Waals surface area contributed by atoms with Crippen LogP contribution in [0.4, 0.5) is 0 Å². The Bertz CT molecular complexity index is 945. The SMILES string of the molecule is Cc1ccc(-c2ccc3c(=O)n(C)c(C)nc3c2)c(CCO)n1. The van der Waals surface area contributed by atoms with Gasteiger partial charge in [0.25, 0.3) is 5.56 Å². The Morgan fingerprint density at radius 2 is 1.91 bits per heavy atom. The first-order valence-corrected chi connectivity index (χ1v) is 7.56. The van der Waals surface area contributed by atoms with Crippen molar-refractivity contribution in [2.45, 2.75) is 20.3 Å². The summed E-state index contributed by atoms with van der Waals surface area (Å²) >= 11 is 0. The second-order valence-corrected chi connectivity index (χ2v) is 5.68. The summed E-state index contributed by atoms with van der Waals surface area (Å²) in [5.41, 5.74) is 4.32. The van der Waals surface area contributed by atoms with E-state index in [0.29, 0.717) is 23.1 Å². The number of aromatic nitrogens is 3. The van der Waals surface area contributed by atoms with Gasteiger partial charge in [-0.25, -0.2) is 4.98 Å². The number of hydrogen-bond donors (Lipinski definition) is 1. The van der Waals surface area contributed by atoms with Crippen LogP contribution in [0.25, 0.3) is 22.0 Å². The van der Waals surface area contributed by atoms with Gasteiger partial charge in [0.15, 0.2) is 0 Å². The summed E-state index contributed by atoms with van der Waals surface area (Å²) in [6.07, 6.45) is 0.498. The highest BCUT2D eigenvalue weighted by molar-refractivity contribution is 5.84. The summed E-state index contributed by atoms with van der Waals surface area (Å²) in [4.78, 5) is 21.3. The first-order chi connectivity index (χ1) is 11.0. The van der Waals surface area contributed by atoms with E-state index < -0.39 is 0 Å². The molecule has 2 aromatic heterocycles. The van der Waals surface area contributed by atoms with Crippen LogP contribution in [0, 0.1) is 13.8 Å². The minimum absolute atomic E-state index is 0.0448. The number of pyridine rings is 1. The van der Waals surface area contributed by atoms with Gasteiger partial charge >= 0.3 is 0 Å². The van der Waals surface area contributed by atoms with E-state index in [2.05, 4.69) is 9.97 Å². The number of aliphatic hydroxyl groups is 1. The molecule has 0 saturated heterocycles. The van der Waals surface area contributed by atoms with Crippen molar-refractivity contribution < 1.29 is 5.11 Å². The lowest BCUT2D eigenvalue weighted by Crippen LogP contribution is -2.20. The van der Waals surface area contributed by atoms with Crippen molar-refractivity contribution in [3.05, 3.63) is 57.9 Å². The largest absolute Gasteiger partial charge is 0.396 e. The highest BCUT2D eigenvalue weighted by Crippen LogP contribution is 2.25. The molecule has 0 spiro atoms. The molecule has 5 nitrogen and oxygen atoms in total. The quantitative estimate of drug-likeness (QED) is 0.805. The van der Waals surface area contributed by atoms with Gasteiger partial charge in [-0.1, -0.05) is 12.1 Å². The van der Waals surface area contributed by atoms with Crippen LogP contribution in [0.3, 0.4) is 0 Å². The van der Waals surface area contributed by atoms with E-state index in [0.717, 1.165) is 22.5 Å². The van der Waals surface area contributed by atoms with Crippen LogP contribution in [0.15, 0.2) is 35.1 Å². The van der Waals surface area contributed by atoms with Gasteiger partial charge < -0.3 is 5.11 Å². The van der Waals surface area contributed by atoms with Crippen LogP contribution in [0.5, 0.6) is 0 Å². The summed E-state index contributed by atoms with van der Waals surface area (Å²) in [6.45, 7) is 3.80. The molecule has 3 aromatic rings. The Kier molecular flexibility index (Phi) is 3.96. The van der Waals surface area contributed by atoms with Crippen molar-refractivity contribution >= 4 is 10.9 Å². The van der Waals surface area contributed by atoms with Crippen molar-refractivity contribution in [1.29, 1.82) is 0 Å². The zero-order valence-electron chi connectivity index (χ0n) is 13.5. The number of aliphatic hydroxyl groups excluding tert-OH is 1. The molecule has 0 aliphatic carbocycles. The summed E-state index contributed by atoms with van der Waals surface area (Å²) in [6, 6.07) is 9.58. The van der Waals surface area contributed by atoms with E-state index in [1.165, 1.54) is 0 Å². The number of rotatable bonds is 3. The number of nitrogens with zero attached hydrogens (tertiary/aromatic N) is 3. The monoisotopic (exact) mass is 309 g/mol. The van der Waals surface area contributed by atoms with E-state index in [-0.39, 0.29) is 12.2 Å². The molecule has 1 aromatic carbocycles. The van der Waals surface area contributed by atoms with Gasteiger partial charge in [-0.15, -0.1) is 0 Å². The zero-order chi connectivity index (χ0) is 16.6. The van der Waals surface area contributed by atoms with Gasteiger partial charge in [0, 0.05) is 31.3 Å². The first-order valence-electron chi connectivity index (χ1n) is 7.56. The van der Waals surface area contributed by atoms with Crippen LogP contribution in [-0.2, 0) is 13.5 Å². The standard InChI is InChI=1S/C18H19N3O2/c1-11-4-6-14(16(19-11)8-9-22)13-5-7-15-17(10-13)20-12(2)21(3)18(15)23/h4-7,10,22H,8-9H2,1-3H3. The average Bonchev–Trinajstić information content (AvgIpc) is 2.53. The third-order valence-electron chi connectivity index (χ3n) is 4.07. The Balaban J connectivity index is 2.22. The Labute approximate surface area is 134 Å². The number of fused-ring (bicyclic) bond motifs is 1. The molecule has 0 aliphatic heterocycles. The van der Waals surface area contributed by atoms with Crippen LogP contribution < -0.4 is 5.56 Å². The molecule has 118 valence electrons. The normalized spacial score (nSPS) is 11.1. The number of aryl methyl sites for hydroxylation is 2. The van der Waals surface area contributed by atoms with Gasteiger partial charge in [-0.05, 0) is 37.6 Å². The van der Waals surface area contributed by atoms with Gasteiger partial charge in [0.1, 0.15) is 5.82 Å². The molecule has 0 amide bonds. The molecule has 0 unspecified atom stereocenters. The molecule has 0 fully saturated rings. The van der Waals surface area contributed by atoms with Crippen molar-refractivity contribution in [3.8, 4) is 11.1 Å². The first kappa shape index (κ1) is 15.4. The predicted molar refractivity (Wildman–Crippen MR) is 90.5 cm³/mol. The highest BCUT2D eigenvalue weighted by atomic mass is 16.3. The highest BCUT2D eigenvalue weighted by Gasteiger charge is 2.10. The molecule has 1 N–H and O–H groups in total. The van der Waals surface area contributed by atoms with E-state index in [4.69, 9.17) is 0 Å². The lowest BCUT2D eigenvalue weighted by Gasteiger charge is -2.11. The van der Waals surface area contributed by atoms with Crippen molar-refractivity contribution in [2.24, 2.45) is 7.05 Å². The molecule has 2 heterocycles. The van der Waals surface area contributed by atoms with E-state index >= 15 is 0 Å². The minimum atomic E-state index is -0.0448. The molecule has 0 saturated carbocycles. The summed E-state index contributed by atoms with van der Waals surface area (Å²) in [5.74, 6) is 0.678. The molecule has 23 heavy (non-hydrogen) atoms. The second-order valence-electron chi connectivity index (χ2n) is 5.68. The molecule has 5 heteroatoms. The Morgan fingerprint density at radius 3 is 2.65 bits per heavy atom. The smallest absolute Gasteiger partial charge is 0.261 e. The van der Waals surface area contributed by atoms with Gasteiger partial charge in [0.2, 0.25) is 0 Å². The van der Waals surface area contributed by atoms with Crippen LogP contribution in [-0.4, -0.2) is 26.2 Å². The Hall–Kier alpha value is -2.53. The van der Waals surface area contributed by atoms with Crippen LogP contribution >= 0.6 is 0 Å². The molecule has 0 atom stereocenters. The number of benzene rings is 1. The number of hydrogen-bond acceptors (Lipinski definition) is 4. The predicted octanol–water partition coefficient (Wildman–Crippen LogP) is 2.15. The molecular weight excluding hydrogens is 290 g/mol. The van der Waals surface area contributed by atoms with Crippen molar-refractivity contribution in [2.75, 3.05) is 6.61 Å². The molecule has 0 aliphatic rings. The molecule has 3 rings (SSSR count). The topological polar surface area (TPSA) is 68.0 Å². The Morgan fingerprint density at radius 1 is 1.13 bits per heavy atom. The molecule has 0 radical (unpaired) electrons. The van der Waals surface area contributed by atoms with Crippen molar-refractivity contribution in [3.63, 3.8) is 0 Å². The summed E-state index contributed by atoms with van der Waals surface area (Å²) < 4.78 is 1.55. The lowest BCUT2D eigenvalue weighted by molar-refractivity contribution is 0.298. The fourth-order valence-corrected chi connectivity index (χ4v) is 2.72. The van der Waals surface area contributed by atoms with E-state index in [1.807, 2.05) is 44.2 Å². The summed E-state index contributed by atoms with van der Waals surface area (Å²) in [5, 5.41) is 9.86. The molecular formula is C18H19N3O2. The summed E-state index contributed by atoms with van der Waals surface area (Å²) in [7, 11) is 1.72. The van der Waals surface area contributed by atoms with Gasteiger partial charge in [0.05, 0.1) is 16.6 Å². The zero-order valence-corrected chi connectivity index (χ0v) is 13.5. The fraction of sp³-hybridized carbons (Fsp3) is 0.278. The minimum Gasteiger partial charge on any atom is -0.396 e. The van der Waals surface area contributed by atoms with E-state index in [9.17, 15) is 9.90 Å². The third kappa shape index (κ3) is 2.75. The maximum absolute atomic E-state index is 12.3. The van der Waals surface area contributed by atoms with Crippen LogP contribution in [0.2, 0.25) is 0 Å². The maximum Gasteiger partial charge on any atom is 0.261 e. The van der Waals surface area contributed by atoms with Gasteiger partial charge in [-0.2, -0.15) is 0 Å². The average molecular weight is 309 g/mol. The lowest BCUT2D eigenvalue weighted by atomic mass is 10.0. The van der Waals surface area contributed by atoms with Crippen molar-refractivity contribution in [1.82, 2.24) is 14.5 Å². The second kappa shape index (κ2) is 5.93. The maximum atomic E-state index is 12.3. The molecule has 0 bridgehead atoms. The van der Waals surface area contributed by atoms with E-state index in [1.54, 1.807) is 11.6 Å². The van der Waals surface area contributed by atoms with Gasteiger partial charge in [-0.3, -0.25) is 14.3 Å². The third-order valence-corrected chi connectivity index (χ3v) is 4.07. The fourth-order valence-electron chi connectivity index (χ4n) is 2.72.